The molecule has 0 spiro atoms. The van der Waals surface area contributed by atoms with E-state index in [1.54, 1.807) is 36.4 Å². The standard InChI is InChI=1S/C25H27N5O3S2/c1-4-30(5-2)19-14-15-20(17(3)16-19)26-25(31)23(18-10-7-6-8-11-18)29-35(32,33)22-13-9-12-21-24(22)28-34-27-21/h6-16,23,29H,4-5H2,1-3H3,(H,26,31)/t23-/m0/s1. The highest BCUT2D eigenvalue weighted by molar-refractivity contribution is 7.89. The smallest absolute Gasteiger partial charge is 0.247 e. The lowest BCUT2D eigenvalue weighted by molar-refractivity contribution is -0.117. The fraction of sp³-hybridized carbons (Fsp3) is 0.240. The maximum absolute atomic E-state index is 13.4. The zero-order valence-corrected chi connectivity index (χ0v) is 21.4. The summed E-state index contributed by atoms with van der Waals surface area (Å²) >= 11 is 0.939. The van der Waals surface area contributed by atoms with E-state index in [9.17, 15) is 13.2 Å². The molecule has 0 radical (unpaired) electrons. The minimum atomic E-state index is -4.09. The van der Waals surface area contributed by atoms with Gasteiger partial charge in [-0.05, 0) is 62.2 Å². The van der Waals surface area contributed by atoms with Gasteiger partial charge in [0, 0.05) is 24.5 Å². The van der Waals surface area contributed by atoms with Crippen LogP contribution in [0, 0.1) is 6.92 Å². The molecule has 182 valence electrons. The number of carbonyl (C=O) groups excluding carboxylic acids is 1. The Balaban J connectivity index is 1.65. The molecule has 3 aromatic carbocycles. The number of nitrogens with one attached hydrogen (secondary N) is 2. The van der Waals surface area contributed by atoms with Gasteiger partial charge in [-0.25, -0.2) is 8.42 Å². The molecule has 0 aliphatic rings. The number of carbonyl (C=O) groups is 1. The van der Waals surface area contributed by atoms with E-state index >= 15 is 0 Å². The molecule has 0 unspecified atom stereocenters. The summed E-state index contributed by atoms with van der Waals surface area (Å²) in [5, 5.41) is 2.91. The molecule has 4 aromatic rings. The molecule has 1 atom stereocenters. The first-order valence-electron chi connectivity index (χ1n) is 11.3. The number of nitrogens with zero attached hydrogens (tertiary/aromatic N) is 3. The Morgan fingerprint density at radius 3 is 2.43 bits per heavy atom. The first-order chi connectivity index (χ1) is 16.8. The van der Waals surface area contributed by atoms with E-state index in [2.05, 4.69) is 37.5 Å². The van der Waals surface area contributed by atoms with Crippen LogP contribution in [0.25, 0.3) is 11.0 Å². The van der Waals surface area contributed by atoms with Crippen LogP contribution in [0.3, 0.4) is 0 Å². The third kappa shape index (κ3) is 5.34. The van der Waals surface area contributed by atoms with Gasteiger partial charge in [0.2, 0.25) is 15.9 Å². The van der Waals surface area contributed by atoms with Gasteiger partial charge < -0.3 is 10.2 Å². The van der Waals surface area contributed by atoms with Crippen molar-refractivity contribution in [2.24, 2.45) is 0 Å². The Morgan fingerprint density at radius 1 is 1.00 bits per heavy atom. The molecule has 4 rings (SSSR count). The van der Waals surface area contributed by atoms with Crippen LogP contribution in [0.5, 0.6) is 0 Å². The third-order valence-corrected chi connectivity index (χ3v) is 7.80. The van der Waals surface area contributed by atoms with Crippen molar-refractivity contribution in [3.05, 3.63) is 77.9 Å². The molecule has 2 N–H and O–H groups in total. The number of anilines is 2. The van der Waals surface area contributed by atoms with Crippen molar-refractivity contribution in [2.45, 2.75) is 31.7 Å². The lowest BCUT2D eigenvalue weighted by atomic mass is 10.1. The number of aromatic nitrogens is 2. The molecule has 8 nitrogen and oxygen atoms in total. The van der Waals surface area contributed by atoms with Crippen molar-refractivity contribution < 1.29 is 13.2 Å². The minimum Gasteiger partial charge on any atom is -0.372 e. The SMILES string of the molecule is CCN(CC)c1ccc(NC(=O)[C@@H](NS(=O)(=O)c2cccc3nsnc23)c2ccccc2)c(C)c1. The van der Waals surface area contributed by atoms with Gasteiger partial charge in [0.15, 0.2) is 0 Å². The summed E-state index contributed by atoms with van der Waals surface area (Å²) in [6.45, 7) is 7.85. The Bertz CT molecular complexity index is 1430. The van der Waals surface area contributed by atoms with E-state index in [4.69, 9.17) is 0 Å². The van der Waals surface area contributed by atoms with Crippen LogP contribution < -0.4 is 14.9 Å². The summed E-state index contributed by atoms with van der Waals surface area (Å²) in [5.74, 6) is -0.484. The largest absolute Gasteiger partial charge is 0.372 e. The second-order valence-electron chi connectivity index (χ2n) is 8.01. The van der Waals surface area contributed by atoms with Crippen LogP contribution in [0.2, 0.25) is 0 Å². The first-order valence-corrected chi connectivity index (χ1v) is 13.5. The number of benzene rings is 3. The first kappa shape index (κ1) is 24.8. The lowest BCUT2D eigenvalue weighted by Gasteiger charge is -2.23. The van der Waals surface area contributed by atoms with Crippen LogP contribution in [0.4, 0.5) is 11.4 Å². The van der Waals surface area contributed by atoms with Crippen molar-refractivity contribution in [3.63, 3.8) is 0 Å². The second kappa shape index (κ2) is 10.5. The van der Waals surface area contributed by atoms with E-state index in [0.29, 0.717) is 16.8 Å². The van der Waals surface area contributed by atoms with Crippen molar-refractivity contribution in [1.82, 2.24) is 13.5 Å². The van der Waals surface area contributed by atoms with Crippen molar-refractivity contribution >= 4 is 50.1 Å². The highest BCUT2D eigenvalue weighted by Crippen LogP contribution is 2.26. The number of hydrogen-bond acceptors (Lipinski definition) is 7. The number of amides is 1. The molecule has 1 aromatic heterocycles. The summed E-state index contributed by atoms with van der Waals surface area (Å²) in [5.41, 5.74) is 3.86. The van der Waals surface area contributed by atoms with Crippen molar-refractivity contribution in [1.29, 1.82) is 0 Å². The monoisotopic (exact) mass is 509 g/mol. The fourth-order valence-electron chi connectivity index (χ4n) is 3.91. The Kier molecular flexibility index (Phi) is 7.44. The zero-order valence-electron chi connectivity index (χ0n) is 19.7. The number of aryl methyl sites for hydroxylation is 1. The van der Waals surface area contributed by atoms with Crippen molar-refractivity contribution in [2.75, 3.05) is 23.3 Å². The van der Waals surface area contributed by atoms with Crippen LogP contribution >= 0.6 is 11.7 Å². The second-order valence-corrected chi connectivity index (χ2v) is 10.2. The highest BCUT2D eigenvalue weighted by Gasteiger charge is 2.29. The number of hydrogen-bond donors (Lipinski definition) is 2. The average molecular weight is 510 g/mol. The predicted octanol–water partition coefficient (Wildman–Crippen LogP) is 4.50. The fourth-order valence-corrected chi connectivity index (χ4v) is 5.86. The molecule has 0 saturated carbocycles. The van der Waals surface area contributed by atoms with Crippen LogP contribution in [-0.4, -0.2) is 36.2 Å². The van der Waals surface area contributed by atoms with Crippen LogP contribution in [0.15, 0.2) is 71.6 Å². The van der Waals surface area contributed by atoms with Gasteiger partial charge in [0.25, 0.3) is 0 Å². The Hall–Kier alpha value is -3.34. The average Bonchev–Trinajstić information content (AvgIpc) is 3.34. The number of sulfonamides is 1. The van der Waals surface area contributed by atoms with E-state index < -0.39 is 22.0 Å². The quantitative estimate of drug-likeness (QED) is 0.344. The number of fused-ring (bicyclic) bond motifs is 1. The number of rotatable bonds is 9. The molecule has 0 bridgehead atoms. The van der Waals surface area contributed by atoms with E-state index in [1.165, 1.54) is 6.07 Å². The maximum Gasteiger partial charge on any atom is 0.247 e. The molecule has 35 heavy (non-hydrogen) atoms. The van der Waals surface area contributed by atoms with E-state index in [1.807, 2.05) is 31.2 Å². The molecule has 0 saturated heterocycles. The molecular weight excluding hydrogens is 482 g/mol. The zero-order chi connectivity index (χ0) is 25.0. The van der Waals surface area contributed by atoms with Crippen molar-refractivity contribution in [3.8, 4) is 0 Å². The van der Waals surface area contributed by atoms with Crippen LogP contribution in [-0.2, 0) is 14.8 Å². The molecule has 10 heteroatoms. The normalized spacial score (nSPS) is 12.4. The van der Waals surface area contributed by atoms with Gasteiger partial charge >= 0.3 is 0 Å². The molecule has 0 aliphatic carbocycles. The molecule has 1 amide bonds. The summed E-state index contributed by atoms with van der Waals surface area (Å²) in [4.78, 5) is 15.6. The maximum atomic E-state index is 13.4. The lowest BCUT2D eigenvalue weighted by Crippen LogP contribution is -2.37. The summed E-state index contributed by atoms with van der Waals surface area (Å²) < 4.78 is 37.6. The van der Waals surface area contributed by atoms with Gasteiger partial charge in [0.05, 0.1) is 11.7 Å². The summed E-state index contributed by atoms with van der Waals surface area (Å²) in [6, 6.07) is 18.2. The molecule has 0 aliphatic heterocycles. The van der Waals surface area contributed by atoms with Gasteiger partial charge in [0.1, 0.15) is 22.0 Å². The van der Waals surface area contributed by atoms with E-state index in [0.717, 1.165) is 36.1 Å². The van der Waals surface area contributed by atoms with Crippen LogP contribution in [0.1, 0.15) is 31.0 Å². The minimum absolute atomic E-state index is 0.0164. The summed E-state index contributed by atoms with van der Waals surface area (Å²) in [6.07, 6.45) is 0. The topological polar surface area (TPSA) is 104 Å². The third-order valence-electron chi connectivity index (χ3n) is 5.80. The Morgan fingerprint density at radius 2 is 1.74 bits per heavy atom. The highest BCUT2D eigenvalue weighted by atomic mass is 32.2. The van der Waals surface area contributed by atoms with Gasteiger partial charge in [-0.1, -0.05) is 36.4 Å². The van der Waals surface area contributed by atoms with Gasteiger partial charge in [-0.2, -0.15) is 13.5 Å². The molecule has 0 fully saturated rings. The molecular formula is C25H27N5O3S2. The van der Waals surface area contributed by atoms with Gasteiger partial charge in [-0.15, -0.1) is 0 Å². The molecule has 1 heterocycles. The van der Waals surface area contributed by atoms with E-state index in [-0.39, 0.29) is 10.4 Å². The van der Waals surface area contributed by atoms with Gasteiger partial charge in [-0.3, -0.25) is 4.79 Å². The predicted molar refractivity (Wildman–Crippen MR) is 140 cm³/mol. The Labute approximate surface area is 209 Å². The summed E-state index contributed by atoms with van der Waals surface area (Å²) in [7, 11) is -4.09.